The van der Waals surface area contributed by atoms with Crippen LogP contribution in [0, 0.1) is 0 Å². The molecule has 0 aromatic carbocycles. The maximum atomic E-state index is 10.3. The van der Waals surface area contributed by atoms with E-state index in [1.54, 1.807) is 0 Å². The Morgan fingerprint density at radius 1 is 1.44 bits per heavy atom. The minimum absolute atomic E-state index is 0.128. The van der Waals surface area contributed by atoms with Crippen LogP contribution in [0.3, 0.4) is 0 Å². The van der Waals surface area contributed by atoms with Gasteiger partial charge >= 0.3 is 6.09 Å². The minimum atomic E-state index is -0.824. The van der Waals surface area contributed by atoms with Crippen molar-refractivity contribution in [1.29, 1.82) is 0 Å². The monoisotopic (exact) mass is 241 g/mol. The molecule has 1 aromatic rings. The van der Waals surface area contributed by atoms with Gasteiger partial charge in [-0.3, -0.25) is 0 Å². The normalized spacial score (nSPS) is 9.50. The number of nitrogens with two attached hydrogens (primary N) is 2. The zero-order valence-electron chi connectivity index (χ0n) is 8.34. The molecule has 86 valence electrons. The Labute approximate surface area is 97.2 Å². The number of ether oxygens (including phenoxy) is 1. The van der Waals surface area contributed by atoms with E-state index in [0.29, 0.717) is 18.1 Å². The zero-order valence-corrected chi connectivity index (χ0v) is 9.16. The van der Waals surface area contributed by atoms with Crippen molar-refractivity contribution < 1.29 is 9.53 Å². The minimum Gasteiger partial charge on any atom is -0.448 e. The fraction of sp³-hybridized carbons (Fsp3) is 0.250. The van der Waals surface area contributed by atoms with Crippen LogP contribution >= 0.6 is 12.2 Å². The highest BCUT2D eigenvalue weighted by molar-refractivity contribution is 7.80. The lowest BCUT2D eigenvalue weighted by Crippen LogP contribution is -2.21. The average molecular weight is 241 g/mol. The van der Waals surface area contributed by atoms with Crippen LogP contribution in [0.5, 0.6) is 0 Å². The van der Waals surface area contributed by atoms with Gasteiger partial charge in [-0.2, -0.15) is 0 Å². The van der Waals surface area contributed by atoms with Crippen molar-refractivity contribution in [3.05, 3.63) is 18.1 Å². The Morgan fingerprint density at radius 2 is 2.12 bits per heavy atom. The zero-order chi connectivity index (χ0) is 12.0. The number of primary amides is 1. The van der Waals surface area contributed by atoms with E-state index in [2.05, 4.69) is 20.0 Å². The van der Waals surface area contributed by atoms with Gasteiger partial charge in [0.05, 0.1) is 6.54 Å². The van der Waals surface area contributed by atoms with Crippen LogP contribution < -0.4 is 16.8 Å². The smallest absolute Gasteiger partial charge is 0.404 e. The van der Waals surface area contributed by atoms with Crippen molar-refractivity contribution in [2.45, 2.75) is 0 Å². The van der Waals surface area contributed by atoms with E-state index in [1.165, 1.54) is 12.4 Å². The number of rotatable bonds is 5. The lowest BCUT2D eigenvalue weighted by Gasteiger charge is -2.08. The molecule has 0 bridgehead atoms. The number of aromatic nitrogens is 2. The third-order valence-corrected chi connectivity index (χ3v) is 1.76. The Bertz CT molecular complexity index is 398. The fourth-order valence-electron chi connectivity index (χ4n) is 0.969. The molecule has 0 unspecified atom stereocenters. The maximum absolute atomic E-state index is 10.3. The van der Waals surface area contributed by atoms with Gasteiger partial charge in [0.2, 0.25) is 0 Å². The molecule has 1 heterocycles. The number of carbonyl (C=O) groups excluding carboxylic acids is 1. The number of hydrogen-bond acceptors (Lipinski definition) is 6. The second-order valence-corrected chi connectivity index (χ2v) is 3.15. The molecule has 1 aromatic heterocycles. The van der Waals surface area contributed by atoms with Gasteiger partial charge in [-0.25, -0.2) is 14.8 Å². The molecule has 5 N–H and O–H groups in total. The second kappa shape index (κ2) is 5.81. The lowest BCUT2D eigenvalue weighted by molar-refractivity contribution is 0.161. The Balaban J connectivity index is 2.53. The predicted octanol–water partition coefficient (Wildman–Crippen LogP) is -0.382. The molecule has 0 fully saturated rings. The molecule has 0 radical (unpaired) electrons. The summed E-state index contributed by atoms with van der Waals surface area (Å²) < 4.78 is 4.53. The molecule has 0 aliphatic heterocycles. The first-order valence-electron chi connectivity index (χ1n) is 4.38. The average Bonchev–Trinajstić information content (AvgIpc) is 2.24. The van der Waals surface area contributed by atoms with E-state index in [-0.39, 0.29) is 11.6 Å². The summed E-state index contributed by atoms with van der Waals surface area (Å²) in [7, 11) is 0. The van der Waals surface area contributed by atoms with E-state index in [1.807, 2.05) is 0 Å². The molecule has 1 amide bonds. The van der Waals surface area contributed by atoms with Gasteiger partial charge < -0.3 is 21.5 Å². The Morgan fingerprint density at radius 3 is 2.75 bits per heavy atom. The highest BCUT2D eigenvalue weighted by Crippen LogP contribution is 2.06. The highest BCUT2D eigenvalue weighted by atomic mass is 32.1. The molecule has 0 atom stereocenters. The third-order valence-electron chi connectivity index (χ3n) is 1.57. The largest absolute Gasteiger partial charge is 0.448 e. The van der Waals surface area contributed by atoms with Crippen molar-refractivity contribution >= 4 is 29.1 Å². The van der Waals surface area contributed by atoms with Crippen molar-refractivity contribution in [3.8, 4) is 0 Å². The van der Waals surface area contributed by atoms with E-state index in [9.17, 15) is 4.79 Å². The fourth-order valence-corrected chi connectivity index (χ4v) is 1.12. The Hall–Kier alpha value is -1.96. The molecule has 0 saturated heterocycles. The molecular weight excluding hydrogens is 230 g/mol. The summed E-state index contributed by atoms with van der Waals surface area (Å²) in [4.78, 5) is 18.4. The maximum Gasteiger partial charge on any atom is 0.404 e. The number of hydrogen-bond donors (Lipinski definition) is 3. The van der Waals surface area contributed by atoms with Crippen molar-refractivity contribution in [2.24, 2.45) is 11.5 Å². The molecule has 8 heteroatoms. The molecule has 0 spiro atoms. The van der Waals surface area contributed by atoms with E-state index < -0.39 is 6.09 Å². The predicted molar refractivity (Wildman–Crippen MR) is 61.9 cm³/mol. The summed E-state index contributed by atoms with van der Waals surface area (Å²) in [5.74, 6) is 0.447. The van der Waals surface area contributed by atoms with Crippen LogP contribution in [0.25, 0.3) is 0 Å². The highest BCUT2D eigenvalue weighted by Gasteiger charge is 2.06. The lowest BCUT2D eigenvalue weighted by atomic mass is 10.4. The second-order valence-electron chi connectivity index (χ2n) is 2.71. The molecular formula is C8H11N5O2S. The van der Waals surface area contributed by atoms with Crippen molar-refractivity contribution in [1.82, 2.24) is 9.97 Å². The summed E-state index contributed by atoms with van der Waals surface area (Å²) in [5.41, 5.74) is 10.6. The number of amides is 1. The molecule has 1 rings (SSSR count). The molecule has 7 nitrogen and oxygen atoms in total. The van der Waals surface area contributed by atoms with Gasteiger partial charge in [0.25, 0.3) is 0 Å². The van der Waals surface area contributed by atoms with Gasteiger partial charge in [-0.05, 0) is 0 Å². The van der Waals surface area contributed by atoms with Crippen molar-refractivity contribution in [2.75, 3.05) is 18.5 Å². The van der Waals surface area contributed by atoms with E-state index in [0.717, 1.165) is 0 Å². The SMILES string of the molecule is NC(=O)OCCNc1nccnc1C(N)=S. The van der Waals surface area contributed by atoms with Crippen LogP contribution in [0.2, 0.25) is 0 Å². The first kappa shape index (κ1) is 12.1. The molecule has 0 saturated carbocycles. The van der Waals surface area contributed by atoms with Crippen LogP contribution in [0.15, 0.2) is 12.4 Å². The van der Waals surface area contributed by atoms with Crippen LogP contribution in [-0.4, -0.2) is 34.2 Å². The Kier molecular flexibility index (Phi) is 4.40. The summed E-state index contributed by atoms with van der Waals surface area (Å²) in [6.45, 7) is 0.472. The molecule has 0 aliphatic rings. The van der Waals surface area contributed by atoms with Crippen LogP contribution in [-0.2, 0) is 4.74 Å². The van der Waals surface area contributed by atoms with Gasteiger partial charge in [0.15, 0.2) is 5.82 Å². The third kappa shape index (κ3) is 3.65. The van der Waals surface area contributed by atoms with Crippen LogP contribution in [0.1, 0.15) is 5.69 Å². The van der Waals surface area contributed by atoms with E-state index in [4.69, 9.17) is 23.7 Å². The number of carbonyl (C=O) groups is 1. The van der Waals surface area contributed by atoms with Crippen LogP contribution in [0.4, 0.5) is 10.6 Å². The van der Waals surface area contributed by atoms with Gasteiger partial charge in [-0.15, -0.1) is 0 Å². The number of nitrogens with zero attached hydrogens (tertiary/aromatic N) is 2. The van der Waals surface area contributed by atoms with E-state index >= 15 is 0 Å². The summed E-state index contributed by atoms with van der Waals surface area (Å²) in [6.07, 6.45) is 2.16. The first-order chi connectivity index (χ1) is 7.61. The van der Waals surface area contributed by atoms with Crippen molar-refractivity contribution in [3.63, 3.8) is 0 Å². The standard InChI is InChI=1S/C8H11N5O2S/c9-6(16)5-7(12-2-1-11-5)13-3-4-15-8(10)14/h1-2H,3-4H2,(H2,9,16)(H2,10,14)(H,12,13). The first-order valence-corrected chi connectivity index (χ1v) is 4.79. The summed E-state index contributed by atoms with van der Waals surface area (Å²) in [5, 5.41) is 2.88. The van der Waals surface area contributed by atoms with Gasteiger partial charge in [0, 0.05) is 12.4 Å². The summed E-state index contributed by atoms with van der Waals surface area (Å²) in [6, 6.07) is 0. The molecule has 0 aliphatic carbocycles. The summed E-state index contributed by atoms with van der Waals surface area (Å²) >= 11 is 4.80. The molecule has 16 heavy (non-hydrogen) atoms. The van der Waals surface area contributed by atoms with Gasteiger partial charge in [-0.1, -0.05) is 12.2 Å². The topological polar surface area (TPSA) is 116 Å². The number of thiocarbonyl (C=S) groups is 1. The number of nitrogens with one attached hydrogen (secondary N) is 1. The quantitative estimate of drug-likeness (QED) is 0.475. The van der Waals surface area contributed by atoms with Gasteiger partial charge in [0.1, 0.15) is 17.3 Å². The number of anilines is 1.